The van der Waals surface area contributed by atoms with Crippen LogP contribution in [0.2, 0.25) is 5.15 Å². The predicted octanol–water partition coefficient (Wildman–Crippen LogP) is 5.07. The molecule has 0 spiro atoms. The highest BCUT2D eigenvalue weighted by molar-refractivity contribution is 7.99. The van der Waals surface area contributed by atoms with E-state index in [4.69, 9.17) is 11.6 Å². The van der Waals surface area contributed by atoms with Gasteiger partial charge in [-0.2, -0.15) is 5.26 Å². The van der Waals surface area contributed by atoms with E-state index in [-0.39, 0.29) is 5.41 Å². The molecule has 0 bridgehead atoms. The highest BCUT2D eigenvalue weighted by atomic mass is 35.5. The molecule has 106 valence electrons. The van der Waals surface area contributed by atoms with E-state index in [0.29, 0.717) is 5.15 Å². The van der Waals surface area contributed by atoms with E-state index in [2.05, 4.69) is 48.3 Å². The van der Waals surface area contributed by atoms with Crippen LogP contribution in [0.15, 0.2) is 41.4 Å². The van der Waals surface area contributed by atoms with E-state index in [1.165, 1.54) is 0 Å². The van der Waals surface area contributed by atoms with Gasteiger partial charge < -0.3 is 0 Å². The molecule has 2 aromatic rings. The summed E-state index contributed by atoms with van der Waals surface area (Å²) in [7, 11) is 0. The molecule has 1 fully saturated rings. The summed E-state index contributed by atoms with van der Waals surface area (Å²) in [6.45, 7) is 2.10. The molecule has 0 unspecified atom stereocenters. The molecule has 21 heavy (non-hydrogen) atoms. The van der Waals surface area contributed by atoms with Gasteiger partial charge in [0.05, 0.1) is 11.5 Å². The van der Waals surface area contributed by atoms with Crippen LogP contribution in [0.25, 0.3) is 11.1 Å². The van der Waals surface area contributed by atoms with Crippen LogP contribution >= 0.6 is 23.4 Å². The number of thioether (sulfide) groups is 1. The van der Waals surface area contributed by atoms with Crippen molar-refractivity contribution >= 4 is 23.4 Å². The molecule has 1 saturated carbocycles. The van der Waals surface area contributed by atoms with E-state index >= 15 is 0 Å². The summed E-state index contributed by atoms with van der Waals surface area (Å²) in [4.78, 5) is 5.28. The smallest absolute Gasteiger partial charge is 0.142 e. The molecule has 0 aliphatic heterocycles. The van der Waals surface area contributed by atoms with Gasteiger partial charge in [0.25, 0.3) is 0 Å². The third-order valence-electron chi connectivity index (χ3n) is 3.84. The maximum absolute atomic E-state index is 9.24. The maximum atomic E-state index is 9.24. The van der Waals surface area contributed by atoms with Crippen molar-refractivity contribution in [3.05, 3.63) is 47.2 Å². The Bertz CT molecular complexity index is 700. The van der Waals surface area contributed by atoms with Crippen molar-refractivity contribution in [1.82, 2.24) is 4.98 Å². The lowest BCUT2D eigenvalue weighted by molar-refractivity contribution is 0.909. The number of hydrogen-bond donors (Lipinski definition) is 0. The second kappa shape index (κ2) is 5.71. The lowest BCUT2D eigenvalue weighted by Crippen LogP contribution is -2.01. The Morgan fingerprint density at radius 3 is 2.57 bits per heavy atom. The molecular weight excluding hydrogens is 300 g/mol. The summed E-state index contributed by atoms with van der Waals surface area (Å²) in [5.41, 5.74) is 3.07. The molecular formula is C17H15ClN2S. The number of pyridine rings is 1. The summed E-state index contributed by atoms with van der Waals surface area (Å²) in [6.07, 6.45) is 3.75. The van der Waals surface area contributed by atoms with Gasteiger partial charge in [0, 0.05) is 16.7 Å². The van der Waals surface area contributed by atoms with Crippen molar-refractivity contribution in [1.29, 1.82) is 5.26 Å². The summed E-state index contributed by atoms with van der Waals surface area (Å²) in [6, 6.07) is 12.8. The zero-order chi connectivity index (χ0) is 14.9. The van der Waals surface area contributed by atoms with Crippen molar-refractivity contribution in [2.75, 3.05) is 5.75 Å². The molecule has 1 heterocycles. The molecule has 1 aliphatic carbocycles. The zero-order valence-electron chi connectivity index (χ0n) is 11.8. The topological polar surface area (TPSA) is 36.7 Å². The lowest BCUT2D eigenvalue weighted by atomic mass is 9.95. The van der Waals surface area contributed by atoms with E-state index in [1.807, 2.05) is 0 Å². The fourth-order valence-electron chi connectivity index (χ4n) is 2.41. The second-order valence-corrected chi connectivity index (χ2v) is 6.88. The van der Waals surface area contributed by atoms with Crippen LogP contribution in [0.3, 0.4) is 0 Å². The van der Waals surface area contributed by atoms with Gasteiger partial charge in [-0.3, -0.25) is 0 Å². The Labute approximate surface area is 134 Å². The number of hydrogen-bond acceptors (Lipinski definition) is 3. The fourth-order valence-corrected chi connectivity index (χ4v) is 3.37. The molecule has 0 radical (unpaired) electrons. The van der Waals surface area contributed by atoms with Crippen LogP contribution in [0, 0.1) is 11.3 Å². The van der Waals surface area contributed by atoms with Crippen LogP contribution in [0.5, 0.6) is 0 Å². The summed E-state index contributed by atoms with van der Waals surface area (Å²) in [5.74, 6) is 0.967. The Kier molecular flexibility index (Phi) is 3.93. The monoisotopic (exact) mass is 314 g/mol. The Balaban J connectivity index is 1.91. The maximum Gasteiger partial charge on any atom is 0.142 e. The second-order valence-electron chi connectivity index (χ2n) is 5.22. The van der Waals surface area contributed by atoms with E-state index in [0.717, 1.165) is 40.2 Å². The highest BCUT2D eigenvalue weighted by Crippen LogP contribution is 2.47. The van der Waals surface area contributed by atoms with Gasteiger partial charge in [-0.15, -0.1) is 11.8 Å². The number of rotatable bonds is 4. The number of nitriles is 1. The minimum absolute atomic E-state index is 0.222. The Morgan fingerprint density at radius 1 is 1.29 bits per heavy atom. The van der Waals surface area contributed by atoms with Gasteiger partial charge in [-0.25, -0.2) is 4.98 Å². The van der Waals surface area contributed by atoms with Crippen molar-refractivity contribution in [3.63, 3.8) is 0 Å². The third-order valence-corrected chi connectivity index (χ3v) is 5.17. The van der Waals surface area contributed by atoms with Gasteiger partial charge in [-0.1, -0.05) is 42.8 Å². The highest BCUT2D eigenvalue weighted by Gasteiger charge is 2.44. The molecule has 0 amide bonds. The SMILES string of the molecule is CCSc1cc(-c2ccc(C3(C#N)CC3)cc2)cnc1Cl. The number of nitrogens with zero attached hydrogens (tertiary/aromatic N) is 2. The van der Waals surface area contributed by atoms with Gasteiger partial charge in [0.2, 0.25) is 0 Å². The van der Waals surface area contributed by atoms with Gasteiger partial charge >= 0.3 is 0 Å². The van der Waals surface area contributed by atoms with Gasteiger partial charge in [-0.05, 0) is 35.8 Å². The third kappa shape index (κ3) is 2.79. The first kappa shape index (κ1) is 14.4. The average Bonchev–Trinajstić information content (AvgIpc) is 3.31. The molecule has 1 aromatic carbocycles. The van der Waals surface area contributed by atoms with Crippen molar-refractivity contribution in [2.24, 2.45) is 0 Å². The van der Waals surface area contributed by atoms with Crippen molar-refractivity contribution < 1.29 is 0 Å². The molecule has 2 nitrogen and oxygen atoms in total. The van der Waals surface area contributed by atoms with Crippen LogP contribution < -0.4 is 0 Å². The molecule has 0 saturated heterocycles. The predicted molar refractivity (Wildman–Crippen MR) is 87.6 cm³/mol. The lowest BCUT2D eigenvalue weighted by Gasteiger charge is -2.09. The quantitative estimate of drug-likeness (QED) is 0.584. The molecule has 3 rings (SSSR count). The van der Waals surface area contributed by atoms with Crippen LogP contribution in [0.4, 0.5) is 0 Å². The average molecular weight is 315 g/mol. The first-order chi connectivity index (χ1) is 10.2. The minimum atomic E-state index is -0.222. The summed E-state index contributed by atoms with van der Waals surface area (Å²) < 4.78 is 0. The van der Waals surface area contributed by atoms with Crippen LogP contribution in [-0.4, -0.2) is 10.7 Å². The molecule has 0 N–H and O–H groups in total. The van der Waals surface area contributed by atoms with E-state index < -0.39 is 0 Å². The number of benzene rings is 1. The van der Waals surface area contributed by atoms with Crippen LogP contribution in [-0.2, 0) is 5.41 Å². The zero-order valence-corrected chi connectivity index (χ0v) is 13.3. The number of aromatic nitrogens is 1. The Hall–Kier alpha value is -1.50. The normalized spacial score (nSPS) is 15.5. The van der Waals surface area contributed by atoms with Crippen LogP contribution in [0.1, 0.15) is 25.3 Å². The van der Waals surface area contributed by atoms with Gasteiger partial charge in [0.1, 0.15) is 5.15 Å². The van der Waals surface area contributed by atoms with Crippen molar-refractivity contribution in [3.8, 4) is 17.2 Å². The number of halogens is 1. The molecule has 0 atom stereocenters. The fraction of sp³-hybridized carbons (Fsp3) is 0.294. The van der Waals surface area contributed by atoms with E-state index in [9.17, 15) is 5.26 Å². The first-order valence-electron chi connectivity index (χ1n) is 6.99. The van der Waals surface area contributed by atoms with E-state index in [1.54, 1.807) is 18.0 Å². The summed E-state index contributed by atoms with van der Waals surface area (Å²) >= 11 is 7.80. The van der Waals surface area contributed by atoms with Gasteiger partial charge in [0.15, 0.2) is 0 Å². The molecule has 1 aromatic heterocycles. The van der Waals surface area contributed by atoms with Crippen molar-refractivity contribution in [2.45, 2.75) is 30.1 Å². The Morgan fingerprint density at radius 2 is 2.00 bits per heavy atom. The summed E-state index contributed by atoms with van der Waals surface area (Å²) in [5, 5.41) is 9.80. The standard InChI is InChI=1S/C17H15ClN2S/c1-2-21-15-9-13(10-20-16(15)18)12-3-5-14(6-4-12)17(11-19)7-8-17/h3-6,9-10H,2,7-8H2,1H3. The molecule has 1 aliphatic rings. The largest absolute Gasteiger partial charge is 0.243 e. The molecule has 4 heteroatoms. The minimum Gasteiger partial charge on any atom is -0.243 e. The first-order valence-corrected chi connectivity index (χ1v) is 8.35.